The van der Waals surface area contributed by atoms with Crippen molar-refractivity contribution in [3.05, 3.63) is 28.8 Å². The molecule has 0 unspecified atom stereocenters. The maximum atomic E-state index is 12.0. The first-order chi connectivity index (χ1) is 9.97. The molecule has 1 amide bonds. The Balaban J connectivity index is 1.91. The molecule has 6 heteroatoms. The lowest BCUT2D eigenvalue weighted by atomic mass is 10.0. The molecular formula is C15H19ClN2O3. The van der Waals surface area contributed by atoms with Crippen molar-refractivity contribution in [3.63, 3.8) is 0 Å². The summed E-state index contributed by atoms with van der Waals surface area (Å²) in [6.07, 6.45) is 2.12. The highest BCUT2D eigenvalue weighted by Gasteiger charge is 2.22. The lowest BCUT2D eigenvalue weighted by Crippen LogP contribution is -2.41. The van der Waals surface area contributed by atoms with Crippen LogP contribution in [0.25, 0.3) is 0 Å². The molecule has 1 saturated heterocycles. The zero-order valence-corrected chi connectivity index (χ0v) is 12.7. The second-order valence-corrected chi connectivity index (χ2v) is 5.83. The van der Waals surface area contributed by atoms with Gasteiger partial charge in [0.2, 0.25) is 0 Å². The summed E-state index contributed by atoms with van der Waals surface area (Å²) in [5.41, 5.74) is 6.17. The van der Waals surface area contributed by atoms with Gasteiger partial charge in [-0.1, -0.05) is 18.5 Å². The van der Waals surface area contributed by atoms with E-state index in [-0.39, 0.29) is 23.8 Å². The quantitative estimate of drug-likeness (QED) is 0.687. The summed E-state index contributed by atoms with van der Waals surface area (Å²) in [4.78, 5) is 25.7. The largest absolute Gasteiger partial charge is 0.452 e. The molecule has 1 aromatic rings. The molecule has 0 aromatic heterocycles. The molecule has 2 N–H and O–H groups in total. The average molecular weight is 311 g/mol. The number of nitrogen functional groups attached to an aromatic ring is 1. The molecule has 1 fully saturated rings. The topological polar surface area (TPSA) is 72.6 Å². The maximum absolute atomic E-state index is 12.0. The predicted molar refractivity (Wildman–Crippen MR) is 81.1 cm³/mol. The van der Waals surface area contributed by atoms with Gasteiger partial charge in [-0.15, -0.1) is 0 Å². The van der Waals surface area contributed by atoms with Crippen molar-refractivity contribution in [2.45, 2.75) is 19.8 Å². The number of hydrogen-bond donors (Lipinski definition) is 1. The van der Waals surface area contributed by atoms with Crippen LogP contribution in [0.4, 0.5) is 5.69 Å². The van der Waals surface area contributed by atoms with Crippen LogP contribution in [0.1, 0.15) is 30.1 Å². The van der Waals surface area contributed by atoms with Crippen LogP contribution >= 0.6 is 11.6 Å². The van der Waals surface area contributed by atoms with Gasteiger partial charge in [0.25, 0.3) is 5.91 Å². The van der Waals surface area contributed by atoms with Crippen molar-refractivity contribution < 1.29 is 14.3 Å². The summed E-state index contributed by atoms with van der Waals surface area (Å²) in [6, 6.07) is 4.56. The number of hydrogen-bond acceptors (Lipinski definition) is 4. The molecule has 1 aliphatic rings. The lowest BCUT2D eigenvalue weighted by molar-refractivity contribution is -0.136. The third-order valence-corrected chi connectivity index (χ3v) is 3.81. The number of ether oxygens (including phenoxy) is 1. The van der Waals surface area contributed by atoms with E-state index in [0.717, 1.165) is 25.9 Å². The average Bonchev–Trinajstić information content (AvgIpc) is 2.47. The van der Waals surface area contributed by atoms with Gasteiger partial charge in [-0.05, 0) is 37.0 Å². The fourth-order valence-electron chi connectivity index (χ4n) is 2.42. The second-order valence-electron chi connectivity index (χ2n) is 5.39. The molecule has 0 saturated carbocycles. The minimum absolute atomic E-state index is 0.171. The van der Waals surface area contributed by atoms with Crippen molar-refractivity contribution in [2.24, 2.45) is 5.92 Å². The molecule has 1 atom stereocenters. The van der Waals surface area contributed by atoms with E-state index >= 15 is 0 Å². The number of likely N-dealkylation sites (tertiary alicyclic amines) is 1. The third kappa shape index (κ3) is 4.11. The highest BCUT2D eigenvalue weighted by Crippen LogP contribution is 2.19. The Hall–Kier alpha value is -1.75. The van der Waals surface area contributed by atoms with Gasteiger partial charge in [0.15, 0.2) is 6.61 Å². The van der Waals surface area contributed by atoms with Gasteiger partial charge in [0.05, 0.1) is 5.56 Å². The van der Waals surface area contributed by atoms with Gasteiger partial charge in [-0.3, -0.25) is 4.79 Å². The van der Waals surface area contributed by atoms with E-state index in [1.807, 2.05) is 0 Å². The Labute approximate surface area is 129 Å². The zero-order chi connectivity index (χ0) is 15.4. The maximum Gasteiger partial charge on any atom is 0.340 e. The number of benzene rings is 1. The smallest absolute Gasteiger partial charge is 0.340 e. The SMILES string of the molecule is C[C@H]1CCCN(C(=O)COC(=O)c2cc(Cl)ccc2N)C1. The Bertz CT molecular complexity index is 548. The van der Waals surface area contributed by atoms with Gasteiger partial charge in [-0.25, -0.2) is 4.79 Å². The summed E-state index contributed by atoms with van der Waals surface area (Å²) in [5, 5.41) is 0.396. The summed E-state index contributed by atoms with van der Waals surface area (Å²) in [7, 11) is 0. The summed E-state index contributed by atoms with van der Waals surface area (Å²) in [6.45, 7) is 3.28. The normalized spacial score (nSPS) is 18.4. The van der Waals surface area contributed by atoms with Crippen LogP contribution in [0, 0.1) is 5.92 Å². The van der Waals surface area contributed by atoms with Crippen LogP contribution in [-0.2, 0) is 9.53 Å². The first kappa shape index (κ1) is 15.6. The molecule has 114 valence electrons. The minimum atomic E-state index is -0.631. The number of esters is 1. The van der Waals surface area contributed by atoms with E-state index in [2.05, 4.69) is 6.92 Å². The van der Waals surface area contributed by atoms with Crippen LogP contribution in [0.2, 0.25) is 5.02 Å². The van der Waals surface area contributed by atoms with E-state index in [1.54, 1.807) is 11.0 Å². The van der Waals surface area contributed by atoms with Crippen LogP contribution in [-0.4, -0.2) is 36.5 Å². The molecule has 21 heavy (non-hydrogen) atoms. The molecule has 0 bridgehead atoms. The molecule has 0 spiro atoms. The number of anilines is 1. The molecular weight excluding hydrogens is 292 g/mol. The van der Waals surface area contributed by atoms with Crippen LogP contribution in [0.15, 0.2) is 18.2 Å². The van der Waals surface area contributed by atoms with Crippen molar-refractivity contribution in [2.75, 3.05) is 25.4 Å². The number of carbonyl (C=O) groups is 2. The number of carbonyl (C=O) groups excluding carboxylic acids is 2. The molecule has 5 nitrogen and oxygen atoms in total. The minimum Gasteiger partial charge on any atom is -0.452 e. The van der Waals surface area contributed by atoms with Crippen molar-refractivity contribution in [1.29, 1.82) is 0 Å². The fraction of sp³-hybridized carbons (Fsp3) is 0.467. The van der Waals surface area contributed by atoms with E-state index in [1.165, 1.54) is 12.1 Å². The Morgan fingerprint density at radius 3 is 2.95 bits per heavy atom. The van der Waals surface area contributed by atoms with Gasteiger partial charge in [0.1, 0.15) is 0 Å². The Morgan fingerprint density at radius 2 is 2.24 bits per heavy atom. The number of nitrogens with zero attached hydrogens (tertiary/aromatic N) is 1. The van der Waals surface area contributed by atoms with Crippen LogP contribution < -0.4 is 5.73 Å². The molecule has 2 rings (SSSR count). The van der Waals surface area contributed by atoms with E-state index in [0.29, 0.717) is 10.9 Å². The van der Waals surface area contributed by atoms with Crippen LogP contribution in [0.5, 0.6) is 0 Å². The molecule has 0 radical (unpaired) electrons. The zero-order valence-electron chi connectivity index (χ0n) is 12.0. The third-order valence-electron chi connectivity index (χ3n) is 3.57. The molecule has 0 aliphatic carbocycles. The lowest BCUT2D eigenvalue weighted by Gasteiger charge is -2.30. The predicted octanol–water partition coefficient (Wildman–Crippen LogP) is 2.34. The molecule has 1 aromatic carbocycles. The Morgan fingerprint density at radius 1 is 1.48 bits per heavy atom. The number of amides is 1. The second kappa shape index (κ2) is 6.80. The fourth-order valence-corrected chi connectivity index (χ4v) is 2.59. The molecule has 1 aliphatic heterocycles. The monoisotopic (exact) mass is 310 g/mol. The van der Waals surface area contributed by atoms with Crippen molar-refractivity contribution in [3.8, 4) is 0 Å². The van der Waals surface area contributed by atoms with Crippen molar-refractivity contribution in [1.82, 2.24) is 4.90 Å². The van der Waals surface area contributed by atoms with E-state index < -0.39 is 5.97 Å². The number of nitrogens with two attached hydrogens (primary N) is 1. The Kier molecular flexibility index (Phi) is 5.07. The van der Waals surface area contributed by atoms with Crippen molar-refractivity contribution >= 4 is 29.2 Å². The summed E-state index contributed by atoms with van der Waals surface area (Å²) >= 11 is 5.82. The first-order valence-electron chi connectivity index (χ1n) is 6.97. The standard InChI is InChI=1S/C15H19ClN2O3/c1-10-3-2-6-18(8-10)14(19)9-21-15(20)12-7-11(16)4-5-13(12)17/h4-5,7,10H,2-3,6,8-9,17H2,1H3/t10-/m0/s1. The van der Waals surface area contributed by atoms with E-state index in [4.69, 9.17) is 22.1 Å². The number of rotatable bonds is 3. The van der Waals surface area contributed by atoms with Crippen LogP contribution in [0.3, 0.4) is 0 Å². The molecule has 1 heterocycles. The highest BCUT2D eigenvalue weighted by molar-refractivity contribution is 6.31. The van der Waals surface area contributed by atoms with Gasteiger partial charge < -0.3 is 15.4 Å². The highest BCUT2D eigenvalue weighted by atomic mass is 35.5. The van der Waals surface area contributed by atoms with Gasteiger partial charge in [-0.2, -0.15) is 0 Å². The number of piperidine rings is 1. The van der Waals surface area contributed by atoms with Gasteiger partial charge in [0, 0.05) is 23.8 Å². The number of halogens is 1. The first-order valence-corrected chi connectivity index (χ1v) is 7.35. The summed E-state index contributed by atoms with van der Waals surface area (Å²) < 4.78 is 5.05. The summed E-state index contributed by atoms with van der Waals surface area (Å²) in [5.74, 6) is -0.314. The van der Waals surface area contributed by atoms with Gasteiger partial charge >= 0.3 is 5.97 Å². The van der Waals surface area contributed by atoms with E-state index in [9.17, 15) is 9.59 Å².